The quantitative estimate of drug-likeness (QED) is 0.781. The molecule has 100 valence electrons. The van der Waals surface area contributed by atoms with Crippen LogP contribution in [0, 0.1) is 25.2 Å². The first-order chi connectivity index (χ1) is 9.52. The third-order valence-electron chi connectivity index (χ3n) is 3.24. The van der Waals surface area contributed by atoms with Gasteiger partial charge in [-0.25, -0.2) is 0 Å². The van der Waals surface area contributed by atoms with Crippen molar-refractivity contribution >= 4 is 17.4 Å². The Balaban J connectivity index is 2.39. The minimum atomic E-state index is -0.798. The first-order valence-corrected chi connectivity index (χ1v) is 6.67. The van der Waals surface area contributed by atoms with Crippen LogP contribution in [0.15, 0.2) is 42.5 Å². The molecule has 1 unspecified atom stereocenters. The second-order valence-electron chi connectivity index (χ2n) is 4.80. The summed E-state index contributed by atoms with van der Waals surface area (Å²) in [5.41, 5.74) is 3.25. The van der Waals surface area contributed by atoms with Gasteiger partial charge in [0.25, 0.3) is 0 Å². The number of benzene rings is 2. The molecule has 0 heterocycles. The van der Waals surface area contributed by atoms with Crippen molar-refractivity contribution in [2.45, 2.75) is 19.8 Å². The summed E-state index contributed by atoms with van der Waals surface area (Å²) in [6.07, 6.45) is 0. The molecule has 0 fully saturated rings. The maximum Gasteiger partial charge on any atom is 0.184 e. The van der Waals surface area contributed by atoms with Crippen LogP contribution in [-0.4, -0.2) is 5.78 Å². The third-order valence-corrected chi connectivity index (χ3v) is 3.49. The van der Waals surface area contributed by atoms with Crippen molar-refractivity contribution in [3.05, 3.63) is 69.7 Å². The van der Waals surface area contributed by atoms with E-state index in [2.05, 4.69) is 6.07 Å². The van der Waals surface area contributed by atoms with E-state index < -0.39 is 5.92 Å². The van der Waals surface area contributed by atoms with Gasteiger partial charge in [-0.2, -0.15) is 5.26 Å². The van der Waals surface area contributed by atoms with Crippen LogP contribution in [0.4, 0.5) is 0 Å². The van der Waals surface area contributed by atoms with Gasteiger partial charge >= 0.3 is 0 Å². The summed E-state index contributed by atoms with van der Waals surface area (Å²) >= 11 is 5.83. The first-order valence-electron chi connectivity index (χ1n) is 6.29. The van der Waals surface area contributed by atoms with Crippen LogP contribution in [0.5, 0.6) is 0 Å². The second-order valence-corrected chi connectivity index (χ2v) is 5.23. The summed E-state index contributed by atoms with van der Waals surface area (Å²) in [5.74, 6) is -0.971. The summed E-state index contributed by atoms with van der Waals surface area (Å²) in [5, 5.41) is 9.91. The predicted molar refractivity (Wildman–Crippen MR) is 80.1 cm³/mol. The summed E-state index contributed by atoms with van der Waals surface area (Å²) in [4.78, 5) is 12.5. The maximum atomic E-state index is 12.5. The number of hydrogen-bond donors (Lipinski definition) is 0. The smallest absolute Gasteiger partial charge is 0.184 e. The zero-order chi connectivity index (χ0) is 14.7. The van der Waals surface area contributed by atoms with E-state index in [1.54, 1.807) is 30.3 Å². The summed E-state index contributed by atoms with van der Waals surface area (Å²) in [6, 6.07) is 14.5. The number of aryl methyl sites for hydroxylation is 2. The molecule has 1 atom stereocenters. The Kier molecular flexibility index (Phi) is 4.22. The molecule has 0 saturated carbocycles. The Hall–Kier alpha value is -2.11. The fraction of sp³-hybridized carbons (Fsp3) is 0.176. The van der Waals surface area contributed by atoms with Gasteiger partial charge in [0.1, 0.15) is 5.92 Å². The van der Waals surface area contributed by atoms with Gasteiger partial charge in [0.2, 0.25) is 0 Å². The molecule has 2 aromatic rings. The van der Waals surface area contributed by atoms with Crippen molar-refractivity contribution in [3.63, 3.8) is 0 Å². The van der Waals surface area contributed by atoms with Crippen LogP contribution < -0.4 is 0 Å². The number of nitrogens with zero attached hydrogens (tertiary/aromatic N) is 1. The van der Waals surface area contributed by atoms with Crippen LogP contribution >= 0.6 is 11.6 Å². The van der Waals surface area contributed by atoms with E-state index in [9.17, 15) is 10.1 Å². The minimum Gasteiger partial charge on any atom is -0.292 e. The van der Waals surface area contributed by atoms with E-state index >= 15 is 0 Å². The lowest BCUT2D eigenvalue weighted by atomic mass is 9.89. The fourth-order valence-corrected chi connectivity index (χ4v) is 2.31. The standard InChI is InChI=1S/C17H14ClNO/c1-11-3-8-15(12(2)9-11)17(20)16(10-19)13-4-6-14(18)7-5-13/h3-9,16H,1-2H3. The third kappa shape index (κ3) is 2.89. The summed E-state index contributed by atoms with van der Waals surface area (Å²) in [6.45, 7) is 3.86. The molecule has 20 heavy (non-hydrogen) atoms. The van der Waals surface area contributed by atoms with E-state index in [4.69, 9.17) is 11.6 Å². The van der Waals surface area contributed by atoms with Crippen molar-refractivity contribution in [2.24, 2.45) is 0 Å². The van der Waals surface area contributed by atoms with Gasteiger partial charge in [-0.15, -0.1) is 0 Å². The zero-order valence-electron chi connectivity index (χ0n) is 11.4. The molecule has 2 aromatic carbocycles. The van der Waals surface area contributed by atoms with Gasteiger partial charge in [-0.1, -0.05) is 47.5 Å². The predicted octanol–water partition coefficient (Wildman–Crippen LogP) is 4.45. The Morgan fingerprint density at radius 1 is 1.15 bits per heavy atom. The lowest BCUT2D eigenvalue weighted by molar-refractivity contribution is 0.0978. The molecule has 0 aliphatic carbocycles. The molecule has 0 aromatic heterocycles. The molecular formula is C17H14ClNO. The number of ketones is 1. The van der Waals surface area contributed by atoms with Crippen LogP contribution in [0.2, 0.25) is 5.02 Å². The highest BCUT2D eigenvalue weighted by atomic mass is 35.5. The van der Waals surface area contributed by atoms with Gasteiger partial charge < -0.3 is 0 Å². The molecule has 0 radical (unpaired) electrons. The molecule has 0 aliphatic heterocycles. The Bertz CT molecular complexity index is 683. The van der Waals surface area contributed by atoms with Crippen molar-refractivity contribution < 1.29 is 4.79 Å². The normalized spacial score (nSPS) is 11.7. The highest BCUT2D eigenvalue weighted by Crippen LogP contribution is 2.24. The van der Waals surface area contributed by atoms with Crippen molar-refractivity contribution in [1.29, 1.82) is 5.26 Å². The molecule has 0 spiro atoms. The van der Waals surface area contributed by atoms with Crippen LogP contribution in [-0.2, 0) is 0 Å². The maximum absolute atomic E-state index is 12.5. The fourth-order valence-electron chi connectivity index (χ4n) is 2.19. The Morgan fingerprint density at radius 3 is 2.35 bits per heavy atom. The monoisotopic (exact) mass is 283 g/mol. The average molecular weight is 284 g/mol. The lowest BCUT2D eigenvalue weighted by Gasteiger charge is -2.11. The van der Waals surface area contributed by atoms with Crippen molar-refractivity contribution in [2.75, 3.05) is 0 Å². The van der Waals surface area contributed by atoms with E-state index in [0.29, 0.717) is 16.1 Å². The van der Waals surface area contributed by atoms with E-state index in [-0.39, 0.29) is 5.78 Å². The molecule has 0 amide bonds. The molecule has 0 N–H and O–H groups in total. The molecular weight excluding hydrogens is 270 g/mol. The van der Waals surface area contributed by atoms with Crippen LogP contribution in [0.1, 0.15) is 33.0 Å². The number of rotatable bonds is 3. The molecule has 2 rings (SSSR count). The number of Topliss-reactive ketones (excluding diaryl/α,β-unsaturated/α-hetero) is 1. The second kappa shape index (κ2) is 5.90. The van der Waals surface area contributed by atoms with Gasteiger partial charge in [0, 0.05) is 10.6 Å². The van der Waals surface area contributed by atoms with Crippen molar-refractivity contribution in [1.82, 2.24) is 0 Å². The minimum absolute atomic E-state index is 0.174. The molecule has 0 bridgehead atoms. The van der Waals surface area contributed by atoms with E-state index in [0.717, 1.165) is 11.1 Å². The number of carbonyl (C=O) groups is 1. The van der Waals surface area contributed by atoms with Crippen molar-refractivity contribution in [3.8, 4) is 6.07 Å². The first kappa shape index (κ1) is 14.3. The molecule has 0 aliphatic rings. The number of nitriles is 1. The van der Waals surface area contributed by atoms with Gasteiger partial charge in [0.15, 0.2) is 5.78 Å². The van der Waals surface area contributed by atoms with E-state index in [1.165, 1.54) is 0 Å². The Morgan fingerprint density at radius 2 is 1.80 bits per heavy atom. The van der Waals surface area contributed by atoms with Gasteiger partial charge in [-0.3, -0.25) is 4.79 Å². The molecule has 2 nitrogen and oxygen atoms in total. The summed E-state index contributed by atoms with van der Waals surface area (Å²) in [7, 11) is 0. The topological polar surface area (TPSA) is 40.9 Å². The SMILES string of the molecule is Cc1ccc(C(=O)C(C#N)c2ccc(Cl)cc2)c(C)c1. The van der Waals surface area contributed by atoms with Gasteiger partial charge in [-0.05, 0) is 37.1 Å². The van der Waals surface area contributed by atoms with Crippen LogP contribution in [0.3, 0.4) is 0 Å². The largest absolute Gasteiger partial charge is 0.292 e. The number of hydrogen-bond acceptors (Lipinski definition) is 2. The number of halogens is 1. The molecule has 0 saturated heterocycles. The highest BCUT2D eigenvalue weighted by molar-refractivity contribution is 6.30. The number of carbonyl (C=O) groups excluding carboxylic acids is 1. The molecule has 3 heteroatoms. The summed E-state index contributed by atoms with van der Waals surface area (Å²) < 4.78 is 0. The zero-order valence-corrected chi connectivity index (χ0v) is 12.1. The lowest BCUT2D eigenvalue weighted by Crippen LogP contribution is -2.12. The average Bonchev–Trinajstić information content (AvgIpc) is 2.41. The Labute approximate surface area is 123 Å². The highest BCUT2D eigenvalue weighted by Gasteiger charge is 2.22. The van der Waals surface area contributed by atoms with Crippen LogP contribution in [0.25, 0.3) is 0 Å². The van der Waals surface area contributed by atoms with Gasteiger partial charge in [0.05, 0.1) is 6.07 Å². The van der Waals surface area contributed by atoms with E-state index in [1.807, 2.05) is 26.0 Å².